The van der Waals surface area contributed by atoms with Gasteiger partial charge < -0.3 is 18.4 Å². The van der Waals surface area contributed by atoms with E-state index in [2.05, 4.69) is 36.8 Å². The summed E-state index contributed by atoms with van der Waals surface area (Å²) in [4.78, 5) is 24.5. The van der Waals surface area contributed by atoms with Crippen molar-refractivity contribution in [3.63, 3.8) is 0 Å². The van der Waals surface area contributed by atoms with Gasteiger partial charge in [-0.15, -0.1) is 10.6 Å². The van der Waals surface area contributed by atoms with Crippen LogP contribution in [0.4, 0.5) is 0 Å². The molecule has 14 heteroatoms. The average Bonchev–Trinajstić information content (AvgIpc) is 3.99. The van der Waals surface area contributed by atoms with Crippen molar-refractivity contribution < 1.29 is 27.9 Å². The smallest absolute Gasteiger partial charge is 0.328 e. The van der Waals surface area contributed by atoms with Gasteiger partial charge in [-0.05, 0) is 72.3 Å². The Morgan fingerprint density at radius 2 is 1.22 bits per heavy atom. The molecule has 248 valence electrons. The van der Waals surface area contributed by atoms with Crippen LogP contribution >= 0.6 is 11.6 Å². The van der Waals surface area contributed by atoms with E-state index in [4.69, 9.17) is 30.0 Å². The number of aromatic amines is 1. The number of aromatic nitrogens is 3. The molecule has 5 heterocycles. The summed E-state index contributed by atoms with van der Waals surface area (Å²) in [5.41, 5.74) is 10.2. The van der Waals surface area contributed by atoms with Crippen molar-refractivity contribution in [1.82, 2.24) is 31.7 Å². The van der Waals surface area contributed by atoms with Crippen molar-refractivity contribution in [2.45, 2.75) is 0 Å². The van der Waals surface area contributed by atoms with Gasteiger partial charge in [0, 0.05) is 23.3 Å². The third-order valence-electron chi connectivity index (χ3n) is 5.79. The molecule has 0 fully saturated rings. The topological polar surface area (TPSA) is 184 Å². The molecule has 1 aliphatic heterocycles. The summed E-state index contributed by atoms with van der Waals surface area (Å²) in [6.07, 6.45) is 13.5. The van der Waals surface area contributed by atoms with E-state index in [1.54, 1.807) is 30.5 Å². The lowest BCUT2D eigenvalue weighted by atomic mass is 10.2. The Morgan fingerprint density at radius 3 is 1.71 bits per heavy atom. The highest BCUT2D eigenvalue weighted by atomic mass is 35.5. The molecule has 49 heavy (non-hydrogen) atoms. The maximum atomic E-state index is 10.2. The number of allylic oxidation sites excluding steroid dienone is 1. The summed E-state index contributed by atoms with van der Waals surface area (Å²) in [6, 6.07) is 30.3. The number of H-pyrrole nitrogens is 1. The molecule has 0 radical (unpaired) electrons. The molecule has 0 bridgehead atoms. The van der Waals surface area contributed by atoms with Crippen molar-refractivity contribution in [1.29, 1.82) is 0 Å². The summed E-state index contributed by atoms with van der Waals surface area (Å²) in [5, 5.41) is 18.7. The van der Waals surface area contributed by atoms with Crippen LogP contribution in [-0.4, -0.2) is 37.3 Å². The molecular weight excluding hydrogens is 650 g/mol. The molecule has 4 aromatic heterocycles. The largest absolute Gasteiger partial charge is 0.478 e. The number of carboxylic acids is 1. The summed E-state index contributed by atoms with van der Waals surface area (Å²) in [7, 11) is 0. The summed E-state index contributed by atoms with van der Waals surface area (Å²) < 4.78 is 14.9. The van der Waals surface area contributed by atoms with Gasteiger partial charge in [0.2, 0.25) is 5.24 Å². The number of benzene rings is 2. The van der Waals surface area contributed by atoms with Crippen molar-refractivity contribution in [3.05, 3.63) is 157 Å². The van der Waals surface area contributed by atoms with Crippen molar-refractivity contribution >= 4 is 53.0 Å². The predicted octanol–water partition coefficient (Wildman–Crippen LogP) is 6.63. The average molecular weight is 680 g/mol. The van der Waals surface area contributed by atoms with E-state index in [9.17, 15) is 9.59 Å². The number of hydrogen-bond acceptors (Lipinski definition) is 11. The fraction of sp³-hybridized carbons (Fsp3) is 0. The molecule has 5 N–H and O–H groups in total. The fourth-order valence-electron chi connectivity index (χ4n) is 3.62. The number of amidine groups is 1. The third-order valence-corrected chi connectivity index (χ3v) is 5.92. The standard InChI is InChI=1S/C14H11N3O.C7H5ClO2.C7H8N4.C7H6O3/c1-2-5-11(6-3-1)14-15-13(16-17-14)9-8-12-7-4-10-18-12;8-7(9)4-3-6-2-1-5-10-6;1-2-4-6(5-3-1)7-8-10-11-9-7;8-7(9)4-3-6-2-1-5-10-6/h1-10H,(H,15,16,17);1-5H;1-5,10-11H,(H,8,9);1-5H,(H,8,9)/b9-8+;4-3+;;4-3+. The molecule has 0 amide bonds. The molecular formula is C35H30ClN7O6. The van der Waals surface area contributed by atoms with Crippen LogP contribution in [0.1, 0.15) is 28.7 Å². The van der Waals surface area contributed by atoms with E-state index < -0.39 is 11.2 Å². The van der Waals surface area contributed by atoms with Gasteiger partial charge in [-0.2, -0.15) is 5.10 Å². The van der Waals surface area contributed by atoms with Gasteiger partial charge in [-0.1, -0.05) is 60.7 Å². The Morgan fingerprint density at radius 1 is 0.673 bits per heavy atom. The van der Waals surface area contributed by atoms with Crippen LogP contribution in [0.25, 0.3) is 35.7 Å². The summed E-state index contributed by atoms with van der Waals surface area (Å²) in [5.74, 6) is 3.17. The van der Waals surface area contributed by atoms with Gasteiger partial charge in [0.25, 0.3) is 0 Å². The van der Waals surface area contributed by atoms with Gasteiger partial charge >= 0.3 is 5.97 Å². The molecule has 0 saturated heterocycles. The Kier molecular flexibility index (Phi) is 14.2. The second kappa shape index (κ2) is 19.7. The molecule has 0 saturated carbocycles. The van der Waals surface area contributed by atoms with Crippen molar-refractivity contribution in [2.75, 3.05) is 0 Å². The molecule has 13 nitrogen and oxygen atoms in total. The lowest BCUT2D eigenvalue weighted by molar-refractivity contribution is -0.131. The van der Waals surface area contributed by atoms with E-state index in [0.717, 1.165) is 28.8 Å². The lowest BCUT2D eigenvalue weighted by Crippen LogP contribution is -2.35. The first kappa shape index (κ1) is 35.2. The lowest BCUT2D eigenvalue weighted by Gasteiger charge is -1.97. The zero-order chi connectivity index (χ0) is 34.5. The normalized spacial score (nSPS) is 11.7. The number of hydrazine groups is 2. The van der Waals surface area contributed by atoms with Gasteiger partial charge in [-0.25, -0.2) is 15.3 Å². The number of nitrogens with zero attached hydrogens (tertiary/aromatic N) is 3. The monoisotopic (exact) mass is 679 g/mol. The number of carbonyl (C=O) groups excluding carboxylic acids is 1. The van der Waals surface area contributed by atoms with Crippen LogP contribution in [-0.2, 0) is 9.59 Å². The number of hydrogen-bond donors (Lipinski definition) is 5. The van der Waals surface area contributed by atoms with E-state index in [1.807, 2.05) is 84.9 Å². The Labute approximate surface area is 285 Å². The van der Waals surface area contributed by atoms with Crippen LogP contribution in [0.15, 0.2) is 146 Å². The number of hydrazone groups is 1. The highest BCUT2D eigenvalue weighted by Crippen LogP contribution is 2.14. The number of rotatable bonds is 8. The van der Waals surface area contributed by atoms with Gasteiger partial charge in [0.05, 0.1) is 18.8 Å². The van der Waals surface area contributed by atoms with E-state index >= 15 is 0 Å². The highest BCUT2D eigenvalue weighted by molar-refractivity contribution is 6.66. The Balaban J connectivity index is 0.000000153. The van der Waals surface area contributed by atoms with Gasteiger partial charge in [0.15, 0.2) is 11.7 Å². The first-order chi connectivity index (χ1) is 24.0. The van der Waals surface area contributed by atoms with Crippen LogP contribution in [0.5, 0.6) is 0 Å². The predicted molar refractivity (Wildman–Crippen MR) is 186 cm³/mol. The highest BCUT2D eigenvalue weighted by Gasteiger charge is 2.05. The second-order valence-electron chi connectivity index (χ2n) is 9.29. The number of halogens is 1. The summed E-state index contributed by atoms with van der Waals surface area (Å²) >= 11 is 5.03. The Hall–Kier alpha value is -6.70. The maximum absolute atomic E-state index is 10.2. The minimum atomic E-state index is -0.976. The summed E-state index contributed by atoms with van der Waals surface area (Å²) in [6.45, 7) is 0. The van der Waals surface area contributed by atoms with Crippen LogP contribution in [0, 0.1) is 0 Å². The number of furan rings is 3. The number of aliphatic carboxylic acids is 1. The number of carbonyl (C=O) groups is 2. The molecule has 2 aromatic carbocycles. The molecule has 0 unspecified atom stereocenters. The molecule has 1 aliphatic rings. The maximum Gasteiger partial charge on any atom is 0.328 e. The fourth-order valence-corrected chi connectivity index (χ4v) is 3.68. The zero-order valence-corrected chi connectivity index (χ0v) is 26.4. The van der Waals surface area contributed by atoms with Crippen molar-refractivity contribution in [3.8, 4) is 11.4 Å². The molecule has 0 aliphatic carbocycles. The molecule has 7 rings (SSSR count). The zero-order valence-electron chi connectivity index (χ0n) is 25.6. The second-order valence-corrected chi connectivity index (χ2v) is 9.66. The van der Waals surface area contributed by atoms with Crippen LogP contribution in [0.2, 0.25) is 0 Å². The van der Waals surface area contributed by atoms with Gasteiger partial charge in [-0.3, -0.25) is 15.3 Å². The first-order valence-corrected chi connectivity index (χ1v) is 14.8. The number of nitrogens with one attached hydrogen (secondary N) is 4. The minimum Gasteiger partial charge on any atom is -0.478 e. The van der Waals surface area contributed by atoms with E-state index in [-0.39, 0.29) is 0 Å². The van der Waals surface area contributed by atoms with Crippen molar-refractivity contribution in [2.24, 2.45) is 5.10 Å². The quantitative estimate of drug-likeness (QED) is 0.0859. The Bertz CT molecular complexity index is 1880. The molecule has 0 atom stereocenters. The first-order valence-electron chi connectivity index (χ1n) is 14.4. The van der Waals surface area contributed by atoms with Gasteiger partial charge in [0.1, 0.15) is 23.1 Å². The number of carboxylic acid groups (broad SMARTS) is 1. The minimum absolute atomic E-state index is 0.503. The molecule has 6 aromatic rings. The molecule has 0 spiro atoms. The van der Waals surface area contributed by atoms with E-state index in [1.165, 1.54) is 30.8 Å². The van der Waals surface area contributed by atoms with Crippen LogP contribution < -0.4 is 16.5 Å². The third kappa shape index (κ3) is 13.3. The SMILES string of the molecule is C(=C\c1ccco1)/c1nc(-c2ccccc2)n[nH]1.O=C(Cl)/C=C/c1ccco1.O=C(O)/C=C/c1ccco1.c1ccc(C2=NNNN2)cc1. The van der Waals surface area contributed by atoms with Crippen LogP contribution in [0.3, 0.4) is 0 Å². The van der Waals surface area contributed by atoms with E-state index in [0.29, 0.717) is 23.2 Å².